The van der Waals surface area contributed by atoms with Gasteiger partial charge in [0.15, 0.2) is 5.75 Å². The summed E-state index contributed by atoms with van der Waals surface area (Å²) in [4.78, 5) is 32.3. The number of pyridine rings is 1. The van der Waals surface area contributed by atoms with Gasteiger partial charge in [-0.15, -0.1) is 11.3 Å². The van der Waals surface area contributed by atoms with Gasteiger partial charge >= 0.3 is 6.09 Å². The second kappa shape index (κ2) is 8.71. The molecule has 1 aliphatic heterocycles. The first-order chi connectivity index (χ1) is 14.1. The fourth-order valence-corrected chi connectivity index (χ4v) is 5.19. The molecular formula is C21H24ClN3O3S. The summed E-state index contributed by atoms with van der Waals surface area (Å²) in [6.07, 6.45) is 6.29. The van der Waals surface area contributed by atoms with Gasteiger partial charge in [-0.2, -0.15) is 0 Å². The number of halogens is 1. The van der Waals surface area contributed by atoms with Crippen LogP contribution in [0.3, 0.4) is 0 Å². The van der Waals surface area contributed by atoms with E-state index >= 15 is 0 Å². The van der Waals surface area contributed by atoms with Crippen LogP contribution in [0.2, 0.25) is 4.34 Å². The summed E-state index contributed by atoms with van der Waals surface area (Å²) in [5, 5.41) is 0.899. The summed E-state index contributed by atoms with van der Waals surface area (Å²) in [5.41, 5.74) is 0.695. The predicted molar refractivity (Wildman–Crippen MR) is 114 cm³/mol. The van der Waals surface area contributed by atoms with E-state index in [0.717, 1.165) is 37.1 Å². The SMILES string of the molecule is Cc1ncccc1OC(=O)N1CCC([C@@H](C2CC2)N(C=O)c2ccc(Cl)s2)CC1. The van der Waals surface area contributed by atoms with Gasteiger partial charge < -0.3 is 14.5 Å². The van der Waals surface area contributed by atoms with Gasteiger partial charge in [-0.05, 0) is 68.7 Å². The Labute approximate surface area is 179 Å². The molecule has 154 valence electrons. The molecule has 2 fully saturated rings. The van der Waals surface area contributed by atoms with Crippen molar-refractivity contribution < 1.29 is 14.3 Å². The van der Waals surface area contributed by atoms with Gasteiger partial charge in [-0.3, -0.25) is 9.78 Å². The molecule has 0 radical (unpaired) electrons. The van der Waals surface area contributed by atoms with Crippen molar-refractivity contribution in [1.82, 2.24) is 9.88 Å². The van der Waals surface area contributed by atoms with Crippen LogP contribution in [0.25, 0.3) is 0 Å². The van der Waals surface area contributed by atoms with Crippen molar-refractivity contribution in [3.8, 4) is 5.75 Å². The van der Waals surface area contributed by atoms with Crippen LogP contribution in [0.5, 0.6) is 5.75 Å². The molecule has 2 aromatic rings. The number of aryl methyl sites for hydroxylation is 1. The first-order valence-corrected chi connectivity index (χ1v) is 11.1. The van der Waals surface area contributed by atoms with Crippen molar-refractivity contribution >= 4 is 40.4 Å². The molecule has 2 aromatic heterocycles. The van der Waals surface area contributed by atoms with Crippen LogP contribution in [0.4, 0.5) is 9.80 Å². The van der Waals surface area contributed by atoms with Gasteiger partial charge in [-0.1, -0.05) is 11.6 Å². The Morgan fingerprint density at radius 1 is 1.28 bits per heavy atom. The highest BCUT2D eigenvalue weighted by atomic mass is 35.5. The van der Waals surface area contributed by atoms with E-state index in [1.54, 1.807) is 23.2 Å². The minimum absolute atomic E-state index is 0.168. The zero-order valence-corrected chi connectivity index (χ0v) is 17.9. The number of nitrogens with zero attached hydrogens (tertiary/aromatic N) is 3. The van der Waals surface area contributed by atoms with Gasteiger partial charge in [0, 0.05) is 25.3 Å². The molecule has 4 rings (SSSR count). The molecule has 1 aliphatic carbocycles. The third-order valence-electron chi connectivity index (χ3n) is 5.79. The maximum atomic E-state index is 12.6. The summed E-state index contributed by atoms with van der Waals surface area (Å²) in [5.74, 6) is 1.39. The number of thiophene rings is 1. The smallest absolute Gasteiger partial charge is 0.408 e. The lowest BCUT2D eigenvalue weighted by molar-refractivity contribution is -0.108. The van der Waals surface area contributed by atoms with E-state index in [4.69, 9.17) is 16.3 Å². The second-order valence-corrected chi connectivity index (χ2v) is 9.39. The number of carbonyl (C=O) groups excluding carboxylic acids is 2. The van der Waals surface area contributed by atoms with Crippen LogP contribution in [-0.2, 0) is 4.79 Å². The number of carbonyl (C=O) groups is 2. The summed E-state index contributed by atoms with van der Waals surface area (Å²) in [6, 6.07) is 7.43. The van der Waals surface area contributed by atoms with Crippen LogP contribution >= 0.6 is 22.9 Å². The molecule has 1 saturated heterocycles. The van der Waals surface area contributed by atoms with Crippen molar-refractivity contribution in [1.29, 1.82) is 0 Å². The van der Waals surface area contributed by atoms with Crippen molar-refractivity contribution in [2.45, 2.75) is 38.6 Å². The quantitative estimate of drug-likeness (QED) is 0.616. The van der Waals surface area contributed by atoms with Crippen molar-refractivity contribution in [3.63, 3.8) is 0 Å². The first kappa shape index (κ1) is 20.2. The van der Waals surface area contributed by atoms with Crippen molar-refractivity contribution in [2.24, 2.45) is 11.8 Å². The minimum Gasteiger partial charge on any atom is -0.408 e. The van der Waals surface area contributed by atoms with Gasteiger partial charge in [0.05, 0.1) is 15.0 Å². The summed E-state index contributed by atoms with van der Waals surface area (Å²) < 4.78 is 6.21. The Morgan fingerprint density at radius 2 is 2.00 bits per heavy atom. The molecule has 2 amide bonds. The Hall–Kier alpha value is -2.12. The standard InChI is InChI=1S/C21H24ClN3O3S/c1-14-17(3-2-10-23-14)28-21(27)24-11-8-16(9-12-24)20(15-4-5-15)25(13-26)19-7-6-18(22)29-19/h2-3,6-7,10,13,15-16,20H,4-5,8-9,11-12H2,1H3/t20-/m1/s1. The van der Waals surface area contributed by atoms with E-state index in [0.29, 0.717) is 40.7 Å². The fourth-order valence-electron chi connectivity index (χ4n) is 4.15. The number of aromatic nitrogens is 1. The van der Waals surface area contributed by atoms with Gasteiger partial charge in [0.2, 0.25) is 6.41 Å². The van der Waals surface area contributed by atoms with Crippen LogP contribution in [0.15, 0.2) is 30.5 Å². The van der Waals surface area contributed by atoms with Crippen LogP contribution < -0.4 is 9.64 Å². The summed E-state index contributed by atoms with van der Waals surface area (Å²) >= 11 is 7.53. The van der Waals surface area contributed by atoms with E-state index in [9.17, 15) is 9.59 Å². The Morgan fingerprint density at radius 3 is 2.59 bits per heavy atom. The third-order valence-corrected chi connectivity index (χ3v) is 7.03. The normalized spacial score (nSPS) is 18.3. The van der Waals surface area contributed by atoms with Gasteiger partial charge in [-0.25, -0.2) is 4.79 Å². The van der Waals surface area contributed by atoms with Crippen LogP contribution in [0.1, 0.15) is 31.4 Å². The molecule has 0 bridgehead atoms. The molecule has 0 spiro atoms. The highest BCUT2D eigenvalue weighted by Crippen LogP contribution is 2.44. The van der Waals surface area contributed by atoms with Crippen LogP contribution in [0, 0.1) is 18.8 Å². The Kier molecular flexibility index (Phi) is 6.06. The fraction of sp³-hybridized carbons (Fsp3) is 0.476. The van der Waals surface area contributed by atoms with E-state index in [1.807, 2.05) is 24.0 Å². The van der Waals surface area contributed by atoms with E-state index < -0.39 is 0 Å². The zero-order valence-electron chi connectivity index (χ0n) is 16.3. The molecule has 1 saturated carbocycles. The molecule has 3 heterocycles. The molecule has 2 aliphatic rings. The van der Waals surface area contributed by atoms with E-state index in [2.05, 4.69) is 4.98 Å². The number of rotatable bonds is 6. The number of amides is 2. The third kappa shape index (κ3) is 4.56. The van der Waals surface area contributed by atoms with Gasteiger partial charge in [0.25, 0.3) is 0 Å². The molecule has 29 heavy (non-hydrogen) atoms. The zero-order chi connectivity index (χ0) is 20.4. The van der Waals surface area contributed by atoms with Gasteiger partial charge in [0.1, 0.15) is 0 Å². The predicted octanol–water partition coefficient (Wildman–Crippen LogP) is 4.76. The molecule has 6 nitrogen and oxygen atoms in total. The molecule has 0 N–H and O–H groups in total. The molecule has 8 heteroatoms. The monoisotopic (exact) mass is 433 g/mol. The number of likely N-dealkylation sites (tertiary alicyclic amines) is 1. The Bertz CT molecular complexity index is 878. The lowest BCUT2D eigenvalue weighted by Crippen LogP contribution is -2.48. The first-order valence-electron chi connectivity index (χ1n) is 9.94. The number of piperidine rings is 1. The molecule has 0 unspecified atom stereocenters. The lowest BCUT2D eigenvalue weighted by atomic mass is 9.86. The van der Waals surface area contributed by atoms with Crippen LogP contribution in [-0.4, -0.2) is 41.5 Å². The van der Waals surface area contributed by atoms with E-state index in [1.165, 1.54) is 11.3 Å². The van der Waals surface area contributed by atoms with Crippen molar-refractivity contribution in [3.05, 3.63) is 40.5 Å². The Balaban J connectivity index is 1.40. The topological polar surface area (TPSA) is 62.7 Å². The molecule has 0 aromatic carbocycles. The highest BCUT2D eigenvalue weighted by molar-refractivity contribution is 7.20. The largest absolute Gasteiger partial charge is 0.415 e. The highest BCUT2D eigenvalue weighted by Gasteiger charge is 2.42. The number of anilines is 1. The maximum Gasteiger partial charge on any atom is 0.415 e. The molecule has 1 atom stereocenters. The molecular weight excluding hydrogens is 410 g/mol. The average Bonchev–Trinajstić information content (AvgIpc) is 3.48. The second-order valence-electron chi connectivity index (χ2n) is 7.70. The number of ether oxygens (including phenoxy) is 1. The average molecular weight is 434 g/mol. The van der Waals surface area contributed by atoms with Crippen molar-refractivity contribution in [2.75, 3.05) is 18.0 Å². The summed E-state index contributed by atoms with van der Waals surface area (Å²) in [7, 11) is 0. The summed E-state index contributed by atoms with van der Waals surface area (Å²) in [6.45, 7) is 3.08. The maximum absolute atomic E-state index is 12.6. The number of hydrogen-bond acceptors (Lipinski definition) is 5. The number of hydrogen-bond donors (Lipinski definition) is 0. The lowest BCUT2D eigenvalue weighted by Gasteiger charge is -2.39. The van der Waals surface area contributed by atoms with E-state index in [-0.39, 0.29) is 12.1 Å². The minimum atomic E-state index is -0.334.